The highest BCUT2D eigenvalue weighted by molar-refractivity contribution is 5.76. The molecule has 0 aliphatic heterocycles. The normalized spacial score (nSPS) is 13.2. The Kier molecular flexibility index (Phi) is 47.2. The van der Waals surface area contributed by atoms with Crippen molar-refractivity contribution in [3.05, 3.63) is 60.8 Å². The highest BCUT2D eigenvalue weighted by atomic mass is 16.5. The lowest BCUT2D eigenvalue weighted by Gasteiger charge is -2.19. The summed E-state index contributed by atoms with van der Waals surface area (Å²) in [6.45, 7) is 4.78. The summed E-state index contributed by atoms with van der Waals surface area (Å²) in [6, 6.07) is -0.672. The van der Waals surface area contributed by atoms with Gasteiger partial charge in [0.2, 0.25) is 5.91 Å². The Morgan fingerprint density at radius 2 is 0.850 bits per heavy atom. The number of esters is 1. The van der Waals surface area contributed by atoms with Crippen molar-refractivity contribution in [2.45, 2.75) is 257 Å². The molecule has 0 spiro atoms. The van der Waals surface area contributed by atoms with E-state index < -0.39 is 12.1 Å². The number of ether oxygens (including phenoxy) is 1. The predicted octanol–water partition coefficient (Wildman–Crippen LogP) is 15.2. The van der Waals surface area contributed by atoms with Crippen molar-refractivity contribution in [3.8, 4) is 0 Å². The minimum Gasteiger partial charge on any atom is -0.466 e. The minimum absolute atomic E-state index is 0.0237. The maximum absolute atomic E-state index is 12.3. The van der Waals surface area contributed by atoms with Crippen LogP contribution in [0.2, 0.25) is 0 Å². The quantitative estimate of drug-likeness (QED) is 0.0322. The fourth-order valence-corrected chi connectivity index (χ4v) is 7.30. The van der Waals surface area contributed by atoms with Crippen LogP contribution >= 0.6 is 0 Å². The molecule has 0 fully saturated rings. The Morgan fingerprint density at radius 3 is 1.33 bits per heavy atom. The van der Waals surface area contributed by atoms with Crippen LogP contribution in [-0.4, -0.2) is 47.4 Å². The second-order valence-electron chi connectivity index (χ2n) is 17.1. The molecule has 0 bridgehead atoms. The summed E-state index contributed by atoms with van der Waals surface area (Å²) >= 11 is 0. The standard InChI is InChI=1S/C54H97NO5/c1-3-5-7-9-11-13-15-16-17-18-19-20-21-24-28-32-36-40-44-48-54(59)60-49-45-41-37-33-29-25-22-23-27-31-35-39-43-47-53(58)55-51(50-56)52(57)46-42-38-34-30-26-14-12-10-8-6-4-2/h11,13,16-17,23,27,35,39,42,46,51-52,56-57H,3-10,12,14-15,18-22,24-26,28-34,36-38,40-41,43-45,47-50H2,1-2H3,(H,55,58)/b13-11-,17-16-,27-23-,39-35-,46-42+. The molecule has 6 nitrogen and oxygen atoms in total. The SMILES string of the molecule is CCCCC/C=C\C/C=C\CCCCCCCCCCCC(=O)OCCCCCCCC/C=C\C/C=C\CCC(=O)NC(CO)C(O)/C=C/CCCCCCCCCCC. The van der Waals surface area contributed by atoms with E-state index in [1.54, 1.807) is 6.08 Å². The Labute approximate surface area is 371 Å². The molecule has 2 atom stereocenters. The van der Waals surface area contributed by atoms with Gasteiger partial charge in [-0.05, 0) is 83.5 Å². The molecule has 0 aromatic rings. The predicted molar refractivity (Wildman–Crippen MR) is 259 cm³/mol. The van der Waals surface area contributed by atoms with Gasteiger partial charge in [-0.15, -0.1) is 0 Å². The second kappa shape index (κ2) is 49.2. The number of rotatable bonds is 46. The topological polar surface area (TPSA) is 95.9 Å². The third kappa shape index (κ3) is 45.1. The molecule has 6 heteroatoms. The maximum Gasteiger partial charge on any atom is 0.305 e. The third-order valence-electron chi connectivity index (χ3n) is 11.3. The highest BCUT2D eigenvalue weighted by Crippen LogP contribution is 2.14. The molecular weight excluding hydrogens is 743 g/mol. The van der Waals surface area contributed by atoms with E-state index in [9.17, 15) is 19.8 Å². The van der Waals surface area contributed by atoms with Gasteiger partial charge in [-0.1, -0.05) is 209 Å². The second-order valence-corrected chi connectivity index (χ2v) is 17.1. The van der Waals surface area contributed by atoms with Crippen LogP contribution in [0.15, 0.2) is 60.8 Å². The number of carbonyl (C=O) groups is 2. The van der Waals surface area contributed by atoms with Gasteiger partial charge in [-0.3, -0.25) is 9.59 Å². The fraction of sp³-hybridized carbons (Fsp3) is 0.778. The number of aliphatic hydroxyl groups is 2. The Balaban J connectivity index is 3.55. The van der Waals surface area contributed by atoms with E-state index in [1.165, 1.54) is 154 Å². The van der Waals surface area contributed by atoms with E-state index in [2.05, 4.69) is 61.7 Å². The molecule has 348 valence electrons. The van der Waals surface area contributed by atoms with Crippen LogP contribution in [0.4, 0.5) is 0 Å². The van der Waals surface area contributed by atoms with Crippen LogP contribution < -0.4 is 5.32 Å². The molecule has 1 amide bonds. The van der Waals surface area contributed by atoms with Crippen molar-refractivity contribution < 1.29 is 24.5 Å². The van der Waals surface area contributed by atoms with Crippen LogP contribution in [0.3, 0.4) is 0 Å². The van der Waals surface area contributed by atoms with Crippen molar-refractivity contribution in [1.29, 1.82) is 0 Å². The summed E-state index contributed by atoms with van der Waals surface area (Å²) in [6.07, 6.45) is 62.3. The third-order valence-corrected chi connectivity index (χ3v) is 11.3. The Morgan fingerprint density at radius 1 is 0.467 bits per heavy atom. The molecule has 60 heavy (non-hydrogen) atoms. The largest absolute Gasteiger partial charge is 0.466 e. The zero-order valence-electron chi connectivity index (χ0n) is 39.4. The minimum atomic E-state index is -0.879. The number of hydrogen-bond acceptors (Lipinski definition) is 5. The smallest absolute Gasteiger partial charge is 0.305 e. The molecule has 0 heterocycles. The molecule has 0 radical (unpaired) electrons. The van der Waals surface area contributed by atoms with Crippen LogP contribution in [0, 0.1) is 0 Å². The first-order valence-electron chi connectivity index (χ1n) is 25.6. The van der Waals surface area contributed by atoms with Crippen molar-refractivity contribution >= 4 is 11.9 Å². The molecule has 0 aliphatic rings. The first-order chi connectivity index (χ1) is 29.5. The van der Waals surface area contributed by atoms with E-state index in [1.807, 2.05) is 12.2 Å². The summed E-state index contributed by atoms with van der Waals surface area (Å²) in [5.74, 6) is -0.176. The summed E-state index contributed by atoms with van der Waals surface area (Å²) in [5.41, 5.74) is 0. The summed E-state index contributed by atoms with van der Waals surface area (Å²) in [5, 5.41) is 22.9. The zero-order valence-corrected chi connectivity index (χ0v) is 39.4. The van der Waals surface area contributed by atoms with Gasteiger partial charge >= 0.3 is 5.97 Å². The molecule has 0 saturated carbocycles. The molecule has 0 aromatic carbocycles. The molecule has 3 N–H and O–H groups in total. The molecule has 0 aliphatic carbocycles. The zero-order chi connectivity index (χ0) is 43.7. The molecule has 2 unspecified atom stereocenters. The van der Waals surface area contributed by atoms with E-state index in [0.717, 1.165) is 57.8 Å². The van der Waals surface area contributed by atoms with Crippen LogP contribution in [0.5, 0.6) is 0 Å². The summed E-state index contributed by atoms with van der Waals surface area (Å²) in [7, 11) is 0. The van der Waals surface area contributed by atoms with Gasteiger partial charge in [-0.2, -0.15) is 0 Å². The number of unbranched alkanes of at least 4 members (excludes halogenated alkanes) is 27. The number of amides is 1. The Bertz CT molecular complexity index is 1060. The summed E-state index contributed by atoms with van der Waals surface area (Å²) < 4.78 is 5.46. The first kappa shape index (κ1) is 57.6. The highest BCUT2D eigenvalue weighted by Gasteiger charge is 2.17. The van der Waals surface area contributed by atoms with E-state index in [-0.39, 0.29) is 18.5 Å². The van der Waals surface area contributed by atoms with Gasteiger partial charge in [0.25, 0.3) is 0 Å². The maximum atomic E-state index is 12.3. The van der Waals surface area contributed by atoms with Gasteiger partial charge < -0.3 is 20.3 Å². The van der Waals surface area contributed by atoms with Gasteiger partial charge in [-0.25, -0.2) is 0 Å². The van der Waals surface area contributed by atoms with Gasteiger partial charge in [0.15, 0.2) is 0 Å². The van der Waals surface area contributed by atoms with E-state index in [0.29, 0.717) is 25.9 Å². The van der Waals surface area contributed by atoms with E-state index in [4.69, 9.17) is 4.74 Å². The average molecular weight is 840 g/mol. The van der Waals surface area contributed by atoms with Gasteiger partial charge in [0.05, 0.1) is 25.4 Å². The first-order valence-corrected chi connectivity index (χ1v) is 25.6. The van der Waals surface area contributed by atoms with Crippen molar-refractivity contribution in [2.24, 2.45) is 0 Å². The average Bonchev–Trinajstić information content (AvgIpc) is 3.25. The van der Waals surface area contributed by atoms with Crippen LogP contribution in [0.25, 0.3) is 0 Å². The lowest BCUT2D eigenvalue weighted by Crippen LogP contribution is -2.45. The van der Waals surface area contributed by atoms with Crippen LogP contribution in [-0.2, 0) is 14.3 Å². The number of hydrogen-bond donors (Lipinski definition) is 3. The van der Waals surface area contributed by atoms with Crippen molar-refractivity contribution in [3.63, 3.8) is 0 Å². The van der Waals surface area contributed by atoms with E-state index >= 15 is 0 Å². The number of allylic oxidation sites excluding steroid dienone is 9. The number of nitrogens with one attached hydrogen (secondary N) is 1. The molecular formula is C54H97NO5. The lowest BCUT2D eigenvalue weighted by atomic mass is 10.1. The number of aliphatic hydroxyl groups excluding tert-OH is 2. The monoisotopic (exact) mass is 840 g/mol. The van der Waals surface area contributed by atoms with Crippen LogP contribution in [0.1, 0.15) is 245 Å². The molecule has 0 rings (SSSR count). The molecule has 0 aromatic heterocycles. The lowest BCUT2D eigenvalue weighted by molar-refractivity contribution is -0.143. The van der Waals surface area contributed by atoms with Gasteiger partial charge in [0, 0.05) is 12.8 Å². The van der Waals surface area contributed by atoms with Crippen molar-refractivity contribution in [1.82, 2.24) is 5.32 Å². The Hall–Kier alpha value is -2.44. The molecule has 0 saturated heterocycles. The fourth-order valence-electron chi connectivity index (χ4n) is 7.30. The van der Waals surface area contributed by atoms with Gasteiger partial charge in [0.1, 0.15) is 0 Å². The summed E-state index contributed by atoms with van der Waals surface area (Å²) in [4.78, 5) is 24.4. The van der Waals surface area contributed by atoms with Crippen molar-refractivity contribution in [2.75, 3.05) is 13.2 Å². The number of carbonyl (C=O) groups excluding carboxylic acids is 2.